The van der Waals surface area contributed by atoms with Crippen molar-refractivity contribution in [2.45, 2.75) is 222 Å². The zero-order chi connectivity index (χ0) is 44.3. The Morgan fingerprint density at radius 2 is 0.500 bits per heavy atom. The molecule has 0 atom stereocenters. The van der Waals surface area contributed by atoms with E-state index < -0.39 is 0 Å². The van der Waals surface area contributed by atoms with Crippen molar-refractivity contribution in [1.82, 2.24) is 0 Å². The Labute approximate surface area is 433 Å². The molecule has 0 N–H and O–H groups in total. The molecular weight excluding hydrogens is 950 g/mol. The summed E-state index contributed by atoms with van der Waals surface area (Å²) < 4.78 is 0. The van der Waals surface area contributed by atoms with Crippen LogP contribution < -0.4 is 24.8 Å². The number of hydrogen-bond donors (Lipinski definition) is 0. The molecule has 0 aliphatic heterocycles. The summed E-state index contributed by atoms with van der Waals surface area (Å²) in [5.41, 5.74) is 23.9. The molecule has 0 heterocycles. The van der Waals surface area contributed by atoms with Crippen LogP contribution in [-0.4, -0.2) is 0 Å². The Balaban J connectivity index is 0.000000582. The maximum atomic E-state index is 3.90. The molecular formula is C58H82Cl2Zr2. The van der Waals surface area contributed by atoms with Crippen molar-refractivity contribution < 1.29 is 77.2 Å². The molecule has 0 spiro atoms. The average Bonchev–Trinajstić information content (AvgIpc) is 3.56. The molecule has 0 radical (unpaired) electrons. The summed E-state index contributed by atoms with van der Waals surface area (Å²) in [4.78, 5) is 0. The smallest absolute Gasteiger partial charge is 1.00 e. The first-order valence-corrected chi connectivity index (χ1v) is 22.4. The van der Waals surface area contributed by atoms with E-state index in [0.29, 0.717) is 0 Å². The van der Waals surface area contributed by atoms with Crippen LogP contribution in [0.25, 0.3) is 22.3 Å². The van der Waals surface area contributed by atoms with Crippen LogP contribution >= 0.6 is 0 Å². The van der Waals surface area contributed by atoms with Gasteiger partial charge in [-0.1, -0.05) is 212 Å². The van der Waals surface area contributed by atoms with Gasteiger partial charge in [0.15, 0.2) is 0 Å². The van der Waals surface area contributed by atoms with Crippen LogP contribution in [0.15, 0.2) is 36.4 Å². The van der Waals surface area contributed by atoms with Crippen molar-refractivity contribution in [3.05, 3.63) is 115 Å². The fourth-order valence-electron chi connectivity index (χ4n) is 9.25. The molecule has 2 aliphatic carbocycles. The van der Waals surface area contributed by atoms with Gasteiger partial charge in [0.05, 0.1) is 0 Å². The summed E-state index contributed by atoms with van der Waals surface area (Å²) in [5, 5.41) is 0. The molecule has 0 bridgehead atoms. The quantitative estimate of drug-likeness (QED) is 0.133. The number of rotatable bonds is 0. The molecule has 0 saturated carbocycles. The van der Waals surface area contributed by atoms with Crippen molar-refractivity contribution in [2.75, 3.05) is 0 Å². The third-order valence-corrected chi connectivity index (χ3v) is 12.5. The van der Waals surface area contributed by atoms with E-state index in [-0.39, 0.29) is 121 Å². The molecule has 336 valence electrons. The fourth-order valence-corrected chi connectivity index (χ4v) is 9.25. The van der Waals surface area contributed by atoms with Gasteiger partial charge in [-0.05, 0) is 78.7 Å². The van der Waals surface area contributed by atoms with Crippen molar-refractivity contribution >= 4 is 0 Å². The molecule has 0 saturated heterocycles. The number of hydrogen-bond acceptors (Lipinski definition) is 0. The topological polar surface area (TPSA) is 0 Å². The largest absolute Gasteiger partial charge is 2.00 e. The van der Waals surface area contributed by atoms with Crippen LogP contribution in [0.5, 0.6) is 0 Å². The molecule has 0 nitrogen and oxygen atoms in total. The minimum absolute atomic E-state index is 0. The minimum Gasteiger partial charge on any atom is -1.00 e. The van der Waals surface area contributed by atoms with Crippen LogP contribution in [0, 0.1) is 12.1 Å². The van der Waals surface area contributed by atoms with Gasteiger partial charge in [-0.15, -0.1) is 33.4 Å². The molecule has 0 fully saturated rings. The molecule has 0 amide bonds. The van der Waals surface area contributed by atoms with Crippen molar-refractivity contribution in [3.63, 3.8) is 0 Å². The Bertz CT molecular complexity index is 1910. The summed E-state index contributed by atoms with van der Waals surface area (Å²) in [6.45, 7) is 56.0. The van der Waals surface area contributed by atoms with Gasteiger partial charge in [-0.2, -0.15) is 35.4 Å². The van der Waals surface area contributed by atoms with E-state index in [2.05, 4.69) is 215 Å². The third kappa shape index (κ3) is 12.4. The first-order valence-electron chi connectivity index (χ1n) is 22.4. The van der Waals surface area contributed by atoms with Gasteiger partial charge in [0.25, 0.3) is 0 Å². The van der Waals surface area contributed by atoms with Crippen LogP contribution in [0.3, 0.4) is 0 Å². The minimum atomic E-state index is 0. The molecule has 2 aliphatic rings. The molecule has 4 aromatic rings. The van der Waals surface area contributed by atoms with Crippen molar-refractivity contribution in [1.29, 1.82) is 0 Å². The van der Waals surface area contributed by atoms with E-state index in [1.54, 1.807) is 0 Å². The summed E-state index contributed by atoms with van der Waals surface area (Å²) in [6.07, 6.45) is 2.01. The molecule has 6 rings (SSSR count). The molecule has 4 aromatic carbocycles. The van der Waals surface area contributed by atoms with Gasteiger partial charge in [-0.25, -0.2) is 0 Å². The maximum Gasteiger partial charge on any atom is 2.00 e. The Morgan fingerprint density at radius 1 is 0.290 bits per heavy atom. The SMILES string of the molecule is CC(C)(C)c1[c-]c2c(cc1C(C)(C)C)-c1cc(C(C)(C)C)c(C(C)(C)C)cc1C2.CC(C)(C)c1[c-]c2c(cc1C(C)(C)C)-c1cc(C(C)(C)C)c(C(C)(C)C)cc1C2.[Cl-].[Cl-].[Zr+2].[Zr+2]. The Morgan fingerprint density at radius 3 is 0.710 bits per heavy atom. The Hall–Kier alpha value is -0.774. The zero-order valence-corrected chi connectivity index (χ0v) is 50.1. The van der Waals surface area contributed by atoms with Crippen LogP contribution in [-0.2, 0) is 109 Å². The van der Waals surface area contributed by atoms with Gasteiger partial charge in [0.2, 0.25) is 0 Å². The second kappa shape index (κ2) is 19.1. The van der Waals surface area contributed by atoms with Gasteiger partial charge < -0.3 is 24.8 Å². The average molecular weight is 1030 g/mol. The van der Waals surface area contributed by atoms with Crippen molar-refractivity contribution in [2.24, 2.45) is 0 Å². The molecule has 4 heteroatoms. The first kappa shape index (κ1) is 59.2. The van der Waals surface area contributed by atoms with Crippen molar-refractivity contribution in [3.8, 4) is 22.3 Å². The number of fused-ring (bicyclic) bond motifs is 6. The van der Waals surface area contributed by atoms with E-state index in [1.165, 1.54) is 89.0 Å². The molecule has 62 heavy (non-hydrogen) atoms. The van der Waals surface area contributed by atoms with Crippen LogP contribution in [0.2, 0.25) is 0 Å². The first-order chi connectivity index (χ1) is 25.8. The zero-order valence-electron chi connectivity index (χ0n) is 43.6. The monoisotopic (exact) mass is 1030 g/mol. The van der Waals surface area contributed by atoms with Gasteiger partial charge in [0.1, 0.15) is 0 Å². The van der Waals surface area contributed by atoms with Crippen LogP contribution in [0.4, 0.5) is 0 Å². The number of halogens is 2. The summed E-state index contributed by atoms with van der Waals surface area (Å²) in [7, 11) is 0. The van der Waals surface area contributed by atoms with Crippen LogP contribution in [0.1, 0.15) is 233 Å². The van der Waals surface area contributed by atoms with E-state index in [4.69, 9.17) is 0 Å². The molecule has 0 unspecified atom stereocenters. The van der Waals surface area contributed by atoms with E-state index >= 15 is 0 Å². The standard InChI is InChI=1S/2C29H41.2ClH.2Zr/c2*1-26(2,3)22-14-18-13-19-15-23(27(4,5)6)25(29(10,11)12)17-21(19)20(18)16-24(22)28(7,8)9;;;;/h2*14,16-17H,13H2,1-12H3;2*1H;;/q2*-1;;;2*+2/p-2. The predicted molar refractivity (Wildman–Crippen MR) is 257 cm³/mol. The molecule has 0 aromatic heterocycles. The normalized spacial score (nSPS) is 13.8. The summed E-state index contributed by atoms with van der Waals surface area (Å²) in [5.74, 6) is 0. The predicted octanol–water partition coefficient (Wildman–Crippen LogP) is 10.5. The second-order valence-corrected chi connectivity index (χ2v) is 26.4. The Kier molecular flexibility index (Phi) is 18.2. The second-order valence-electron chi connectivity index (χ2n) is 26.4. The maximum absolute atomic E-state index is 3.90. The third-order valence-electron chi connectivity index (χ3n) is 12.5. The fraction of sp³-hybridized carbons (Fsp3) is 0.586. The van der Waals surface area contributed by atoms with Gasteiger partial charge >= 0.3 is 52.4 Å². The summed E-state index contributed by atoms with van der Waals surface area (Å²) >= 11 is 0. The number of benzene rings is 4. The van der Waals surface area contributed by atoms with E-state index in [0.717, 1.165) is 12.8 Å². The van der Waals surface area contributed by atoms with Gasteiger partial charge in [-0.3, -0.25) is 0 Å². The van der Waals surface area contributed by atoms with E-state index in [9.17, 15) is 0 Å². The van der Waals surface area contributed by atoms with Gasteiger partial charge in [0, 0.05) is 0 Å². The van der Waals surface area contributed by atoms with E-state index in [1.807, 2.05) is 0 Å². The summed E-state index contributed by atoms with van der Waals surface area (Å²) in [6, 6.07) is 22.8.